The molecule has 4 aromatic rings. The highest BCUT2D eigenvalue weighted by atomic mass is 19.1. The lowest BCUT2D eigenvalue weighted by molar-refractivity contribution is 0.249. The lowest BCUT2D eigenvalue weighted by atomic mass is 10.0. The van der Waals surface area contributed by atoms with Crippen molar-refractivity contribution in [3.05, 3.63) is 66.2 Å². The maximum absolute atomic E-state index is 13.9. The fourth-order valence-corrected chi connectivity index (χ4v) is 5.29. The van der Waals surface area contributed by atoms with Gasteiger partial charge in [-0.3, -0.25) is 4.90 Å². The summed E-state index contributed by atoms with van der Waals surface area (Å²) in [7, 11) is 1.62. The van der Waals surface area contributed by atoms with E-state index in [-0.39, 0.29) is 0 Å². The highest BCUT2D eigenvalue weighted by molar-refractivity contribution is 5.86. The third-order valence-corrected chi connectivity index (χ3v) is 7.38. The molecule has 0 aliphatic carbocycles. The van der Waals surface area contributed by atoms with Crippen LogP contribution in [0.4, 0.5) is 15.9 Å². The molecule has 10 heteroatoms. The highest BCUT2D eigenvalue weighted by Crippen LogP contribution is 2.33. The van der Waals surface area contributed by atoms with Crippen molar-refractivity contribution in [3.63, 3.8) is 0 Å². The van der Waals surface area contributed by atoms with Crippen LogP contribution in [0.3, 0.4) is 0 Å². The first-order valence-electron chi connectivity index (χ1n) is 12.8. The summed E-state index contributed by atoms with van der Waals surface area (Å²) in [6.45, 7) is 5.53. The van der Waals surface area contributed by atoms with Gasteiger partial charge in [0.05, 0.1) is 36.3 Å². The quantitative estimate of drug-likeness (QED) is 0.388. The van der Waals surface area contributed by atoms with Gasteiger partial charge in [-0.05, 0) is 30.2 Å². The molecule has 2 aliphatic rings. The van der Waals surface area contributed by atoms with Crippen LogP contribution < -0.4 is 14.5 Å². The van der Waals surface area contributed by atoms with Crippen molar-refractivity contribution in [2.45, 2.75) is 19.1 Å². The minimum atomic E-state index is -0.823. The second-order valence-corrected chi connectivity index (χ2v) is 9.78. The summed E-state index contributed by atoms with van der Waals surface area (Å²) in [6, 6.07) is 12.3. The minimum absolute atomic E-state index is 0.371. The van der Waals surface area contributed by atoms with Crippen LogP contribution in [-0.4, -0.2) is 77.0 Å². The Morgan fingerprint density at radius 1 is 1.03 bits per heavy atom. The summed E-state index contributed by atoms with van der Waals surface area (Å²) >= 11 is 0. The number of alkyl halides is 1. The second kappa shape index (κ2) is 10.3. The van der Waals surface area contributed by atoms with E-state index in [1.807, 2.05) is 47.8 Å². The summed E-state index contributed by atoms with van der Waals surface area (Å²) < 4.78 is 20.8. The van der Waals surface area contributed by atoms with Crippen LogP contribution in [0.2, 0.25) is 0 Å². The van der Waals surface area contributed by atoms with Crippen molar-refractivity contribution in [3.8, 4) is 23.1 Å². The average Bonchev–Trinajstić information content (AvgIpc) is 3.59. The topological polar surface area (TPSA) is 85.8 Å². The maximum Gasteiger partial charge on any atom is 0.212 e. The van der Waals surface area contributed by atoms with Gasteiger partial charge in [-0.2, -0.15) is 10.4 Å². The summed E-state index contributed by atoms with van der Waals surface area (Å²) in [4.78, 5) is 15.8. The molecule has 38 heavy (non-hydrogen) atoms. The van der Waals surface area contributed by atoms with Gasteiger partial charge < -0.3 is 14.5 Å². The van der Waals surface area contributed by atoms with Crippen molar-refractivity contribution in [1.29, 1.82) is 5.26 Å². The van der Waals surface area contributed by atoms with Crippen molar-refractivity contribution < 1.29 is 9.13 Å². The maximum atomic E-state index is 13.9. The van der Waals surface area contributed by atoms with E-state index in [1.165, 1.54) is 5.56 Å². The predicted octanol–water partition coefficient (Wildman–Crippen LogP) is 3.54. The van der Waals surface area contributed by atoms with Crippen molar-refractivity contribution in [2.24, 2.45) is 0 Å². The SMILES string of the molecule is COc1ccc(CN2CCN(c3ccc(-c4cc(N5CC[C@H](F)C5)cn5ncc(C#N)c45)cn3)CC2)cn1. The standard InChI is InChI=1S/C28H29FN8O/c1-38-27-5-2-20(14-32-27)17-34-8-10-35(11-9-34)26-4-3-21(15-31-26)25-12-24(36-7-6-23(29)18-36)19-37-28(25)22(13-30)16-33-37/h2-5,12,14-16,19,23H,6-11,17-18H2,1H3/t23-/m0/s1. The largest absolute Gasteiger partial charge is 0.481 e. The number of aromatic nitrogens is 4. The Bertz CT molecular complexity index is 1460. The number of nitrogens with zero attached hydrogens (tertiary/aromatic N) is 8. The molecule has 0 amide bonds. The van der Waals surface area contributed by atoms with E-state index in [4.69, 9.17) is 9.72 Å². The fourth-order valence-electron chi connectivity index (χ4n) is 5.29. The third kappa shape index (κ3) is 4.73. The number of pyridine rings is 3. The molecule has 4 aromatic heterocycles. The fraction of sp³-hybridized carbons (Fsp3) is 0.357. The van der Waals surface area contributed by atoms with E-state index >= 15 is 0 Å². The number of halogens is 1. The van der Waals surface area contributed by atoms with Crippen molar-refractivity contribution in [1.82, 2.24) is 24.5 Å². The van der Waals surface area contributed by atoms with Crippen LogP contribution in [-0.2, 0) is 6.54 Å². The Morgan fingerprint density at radius 3 is 2.55 bits per heavy atom. The number of anilines is 2. The van der Waals surface area contributed by atoms with E-state index in [9.17, 15) is 9.65 Å². The summed E-state index contributed by atoms with van der Waals surface area (Å²) in [6.07, 6.45) is 6.89. The molecule has 2 aliphatic heterocycles. The molecular formula is C28H29FN8O. The molecule has 0 aromatic carbocycles. The number of fused-ring (bicyclic) bond motifs is 1. The second-order valence-electron chi connectivity index (χ2n) is 9.78. The van der Waals surface area contributed by atoms with Gasteiger partial charge in [0, 0.05) is 75.4 Å². The molecule has 0 bridgehead atoms. The normalized spacial score (nSPS) is 18.2. The zero-order valence-electron chi connectivity index (χ0n) is 21.3. The van der Waals surface area contributed by atoms with E-state index in [2.05, 4.69) is 32.0 Å². The first kappa shape index (κ1) is 24.1. The van der Waals surface area contributed by atoms with Crippen LogP contribution in [0, 0.1) is 11.3 Å². The molecule has 6 heterocycles. The number of rotatable bonds is 6. The summed E-state index contributed by atoms with van der Waals surface area (Å²) in [5.41, 5.74) is 5.08. The lowest BCUT2D eigenvalue weighted by Crippen LogP contribution is -2.46. The molecule has 9 nitrogen and oxygen atoms in total. The van der Waals surface area contributed by atoms with Gasteiger partial charge in [0.15, 0.2) is 0 Å². The van der Waals surface area contributed by atoms with Crippen LogP contribution in [0.5, 0.6) is 5.88 Å². The molecule has 0 saturated carbocycles. The average molecular weight is 513 g/mol. The first-order valence-corrected chi connectivity index (χ1v) is 12.8. The van der Waals surface area contributed by atoms with Gasteiger partial charge in [-0.15, -0.1) is 0 Å². The van der Waals surface area contributed by atoms with Gasteiger partial charge in [0.1, 0.15) is 18.1 Å². The smallest absolute Gasteiger partial charge is 0.212 e. The molecular weight excluding hydrogens is 483 g/mol. The number of hydrogen-bond acceptors (Lipinski definition) is 8. The molecule has 6 rings (SSSR count). The third-order valence-electron chi connectivity index (χ3n) is 7.38. The van der Waals surface area contributed by atoms with E-state index < -0.39 is 6.17 Å². The van der Waals surface area contributed by atoms with Crippen LogP contribution in [0.15, 0.2) is 55.1 Å². The van der Waals surface area contributed by atoms with E-state index in [1.54, 1.807) is 17.8 Å². The molecule has 194 valence electrons. The Labute approximate surface area is 220 Å². The van der Waals surface area contributed by atoms with E-state index in [0.717, 1.165) is 60.9 Å². The molecule has 2 saturated heterocycles. The number of hydrogen-bond donors (Lipinski definition) is 0. The first-order chi connectivity index (χ1) is 18.6. The summed E-state index contributed by atoms with van der Waals surface area (Å²) in [5, 5.41) is 14.1. The Hall–Kier alpha value is -4.23. The van der Waals surface area contributed by atoms with Crippen molar-refractivity contribution in [2.75, 3.05) is 56.2 Å². The van der Waals surface area contributed by atoms with Crippen molar-refractivity contribution >= 4 is 17.0 Å². The zero-order valence-corrected chi connectivity index (χ0v) is 21.3. The predicted molar refractivity (Wildman–Crippen MR) is 143 cm³/mol. The van der Waals surface area contributed by atoms with E-state index in [0.29, 0.717) is 31.0 Å². The van der Waals surface area contributed by atoms with Gasteiger partial charge >= 0.3 is 0 Å². The number of piperazine rings is 1. The van der Waals surface area contributed by atoms with Gasteiger partial charge in [0.2, 0.25) is 5.88 Å². The number of nitriles is 1. The zero-order chi connectivity index (χ0) is 26.1. The number of methoxy groups -OCH3 is 1. The lowest BCUT2D eigenvalue weighted by Gasteiger charge is -2.35. The molecule has 0 unspecified atom stereocenters. The monoisotopic (exact) mass is 512 g/mol. The van der Waals surface area contributed by atoms with Gasteiger partial charge in [-0.25, -0.2) is 18.9 Å². The van der Waals surface area contributed by atoms with Gasteiger partial charge in [-0.1, -0.05) is 6.07 Å². The summed E-state index contributed by atoms with van der Waals surface area (Å²) in [5.74, 6) is 1.56. The Morgan fingerprint density at radius 2 is 1.89 bits per heavy atom. The highest BCUT2D eigenvalue weighted by Gasteiger charge is 2.24. The molecule has 0 spiro atoms. The number of ether oxygens (including phenoxy) is 1. The molecule has 2 fully saturated rings. The molecule has 0 radical (unpaired) electrons. The minimum Gasteiger partial charge on any atom is -0.481 e. The molecule has 1 atom stereocenters. The van der Waals surface area contributed by atoms with Crippen LogP contribution in [0.1, 0.15) is 17.5 Å². The Balaban J connectivity index is 1.19. The van der Waals surface area contributed by atoms with Crippen LogP contribution >= 0.6 is 0 Å². The Kier molecular flexibility index (Phi) is 6.52. The molecule has 0 N–H and O–H groups in total. The van der Waals surface area contributed by atoms with Crippen LogP contribution in [0.25, 0.3) is 16.6 Å². The van der Waals surface area contributed by atoms with Gasteiger partial charge in [0.25, 0.3) is 0 Å².